The number of aryl methyl sites for hydroxylation is 1. The van der Waals surface area contributed by atoms with Gasteiger partial charge < -0.3 is 15.2 Å². The molecule has 96 valence electrons. The Hall–Kier alpha value is -1.89. The fraction of sp³-hybridized carbons (Fsp3) is 0.273. The number of H-pyrrole nitrogens is 1. The lowest BCUT2D eigenvalue weighted by molar-refractivity contribution is 0.354. The Morgan fingerprint density at radius 1 is 1.22 bits per heavy atom. The molecular formula is C11H14N4O2S. The van der Waals surface area contributed by atoms with Crippen molar-refractivity contribution in [3.05, 3.63) is 18.0 Å². The SMILES string of the molecule is COc1cc(N)c(Sc2n[nH]c(C)n2)cc1OC. The van der Waals surface area contributed by atoms with Gasteiger partial charge in [0, 0.05) is 22.7 Å². The summed E-state index contributed by atoms with van der Waals surface area (Å²) in [6, 6.07) is 3.53. The van der Waals surface area contributed by atoms with E-state index >= 15 is 0 Å². The number of anilines is 1. The number of rotatable bonds is 4. The monoisotopic (exact) mass is 266 g/mol. The minimum atomic E-state index is 0.597. The average Bonchev–Trinajstić information content (AvgIpc) is 2.77. The van der Waals surface area contributed by atoms with E-state index in [1.807, 2.05) is 13.0 Å². The number of aromatic nitrogens is 3. The van der Waals surface area contributed by atoms with Crippen molar-refractivity contribution in [3.8, 4) is 11.5 Å². The third kappa shape index (κ3) is 2.51. The van der Waals surface area contributed by atoms with Crippen LogP contribution in [0.4, 0.5) is 5.69 Å². The predicted octanol–water partition coefficient (Wildman–Crippen LogP) is 1.86. The Morgan fingerprint density at radius 2 is 1.89 bits per heavy atom. The minimum Gasteiger partial charge on any atom is -0.493 e. The molecule has 0 unspecified atom stereocenters. The first-order chi connectivity index (χ1) is 8.63. The maximum absolute atomic E-state index is 5.95. The molecule has 1 heterocycles. The number of benzene rings is 1. The summed E-state index contributed by atoms with van der Waals surface area (Å²) in [5.41, 5.74) is 6.55. The van der Waals surface area contributed by atoms with E-state index in [-0.39, 0.29) is 0 Å². The molecule has 0 atom stereocenters. The summed E-state index contributed by atoms with van der Waals surface area (Å²) >= 11 is 1.37. The number of methoxy groups -OCH3 is 2. The molecule has 7 heteroatoms. The molecule has 0 bridgehead atoms. The van der Waals surface area contributed by atoms with Crippen molar-refractivity contribution in [3.63, 3.8) is 0 Å². The highest BCUT2D eigenvalue weighted by atomic mass is 32.2. The summed E-state index contributed by atoms with van der Waals surface area (Å²) in [7, 11) is 3.15. The molecular weight excluding hydrogens is 252 g/mol. The Bertz CT molecular complexity index is 556. The van der Waals surface area contributed by atoms with Gasteiger partial charge in [0.05, 0.1) is 14.2 Å². The summed E-state index contributed by atoms with van der Waals surface area (Å²) in [6.07, 6.45) is 0. The zero-order chi connectivity index (χ0) is 13.1. The normalized spacial score (nSPS) is 10.4. The molecule has 3 N–H and O–H groups in total. The molecule has 0 radical (unpaired) electrons. The van der Waals surface area contributed by atoms with E-state index in [0.29, 0.717) is 22.3 Å². The van der Waals surface area contributed by atoms with Gasteiger partial charge in [0.25, 0.3) is 0 Å². The summed E-state index contributed by atoms with van der Waals surface area (Å²) in [5.74, 6) is 1.99. The molecule has 0 saturated carbocycles. The Kier molecular flexibility index (Phi) is 3.61. The van der Waals surface area contributed by atoms with Crippen LogP contribution in [-0.4, -0.2) is 29.4 Å². The first-order valence-corrected chi connectivity index (χ1v) is 6.04. The number of ether oxygens (including phenoxy) is 2. The molecule has 1 aromatic heterocycles. The molecule has 0 aliphatic carbocycles. The maximum Gasteiger partial charge on any atom is 0.213 e. The van der Waals surface area contributed by atoms with E-state index in [0.717, 1.165) is 10.7 Å². The maximum atomic E-state index is 5.95. The molecule has 0 spiro atoms. The highest BCUT2D eigenvalue weighted by molar-refractivity contribution is 7.99. The minimum absolute atomic E-state index is 0.597. The van der Waals surface area contributed by atoms with Gasteiger partial charge in [-0.25, -0.2) is 4.98 Å². The van der Waals surface area contributed by atoms with Crippen LogP contribution in [0.15, 0.2) is 22.2 Å². The Labute approximate surface area is 109 Å². The zero-order valence-electron chi connectivity index (χ0n) is 10.4. The summed E-state index contributed by atoms with van der Waals surface area (Å²) < 4.78 is 10.4. The van der Waals surface area contributed by atoms with Crippen LogP contribution in [0.2, 0.25) is 0 Å². The van der Waals surface area contributed by atoms with Crippen molar-refractivity contribution in [1.82, 2.24) is 15.2 Å². The lowest BCUT2D eigenvalue weighted by Gasteiger charge is -2.11. The van der Waals surface area contributed by atoms with Gasteiger partial charge in [0.1, 0.15) is 5.82 Å². The number of hydrogen-bond donors (Lipinski definition) is 2. The van der Waals surface area contributed by atoms with Crippen molar-refractivity contribution in [1.29, 1.82) is 0 Å². The molecule has 0 saturated heterocycles. The summed E-state index contributed by atoms with van der Waals surface area (Å²) in [4.78, 5) is 5.04. The topological polar surface area (TPSA) is 86.0 Å². The predicted molar refractivity (Wildman–Crippen MR) is 69.2 cm³/mol. The number of nitrogens with one attached hydrogen (secondary N) is 1. The van der Waals surface area contributed by atoms with Gasteiger partial charge in [0.2, 0.25) is 5.16 Å². The van der Waals surface area contributed by atoms with Gasteiger partial charge in [0.15, 0.2) is 11.5 Å². The average molecular weight is 266 g/mol. The van der Waals surface area contributed by atoms with Crippen LogP contribution in [0.3, 0.4) is 0 Å². The van der Waals surface area contributed by atoms with Crippen molar-refractivity contribution in [2.75, 3.05) is 20.0 Å². The number of aromatic amines is 1. The van der Waals surface area contributed by atoms with Gasteiger partial charge in [-0.15, -0.1) is 5.10 Å². The second-order valence-electron chi connectivity index (χ2n) is 3.55. The molecule has 0 aliphatic heterocycles. The third-order valence-corrected chi connectivity index (χ3v) is 3.23. The van der Waals surface area contributed by atoms with Crippen LogP contribution in [0.5, 0.6) is 11.5 Å². The fourth-order valence-electron chi connectivity index (χ4n) is 1.43. The van der Waals surface area contributed by atoms with Gasteiger partial charge in [-0.3, -0.25) is 5.10 Å². The molecule has 2 rings (SSSR count). The van der Waals surface area contributed by atoms with Crippen molar-refractivity contribution >= 4 is 17.4 Å². The number of hydrogen-bond acceptors (Lipinski definition) is 6. The smallest absolute Gasteiger partial charge is 0.213 e. The van der Waals surface area contributed by atoms with Gasteiger partial charge in [-0.1, -0.05) is 0 Å². The molecule has 18 heavy (non-hydrogen) atoms. The van der Waals surface area contributed by atoms with Crippen molar-refractivity contribution < 1.29 is 9.47 Å². The van der Waals surface area contributed by atoms with E-state index in [1.54, 1.807) is 20.3 Å². The molecule has 6 nitrogen and oxygen atoms in total. The van der Waals surface area contributed by atoms with Crippen LogP contribution < -0.4 is 15.2 Å². The first kappa shape index (κ1) is 12.6. The zero-order valence-corrected chi connectivity index (χ0v) is 11.2. The van der Waals surface area contributed by atoms with Crippen LogP contribution in [0.25, 0.3) is 0 Å². The standard InChI is InChI=1S/C11H14N4O2S/c1-6-13-11(15-14-6)18-10-5-9(17-3)8(16-2)4-7(10)12/h4-5H,12H2,1-3H3,(H,13,14,15). The van der Waals surface area contributed by atoms with Gasteiger partial charge in [-0.05, 0) is 18.7 Å². The molecule has 0 amide bonds. The van der Waals surface area contributed by atoms with E-state index in [9.17, 15) is 0 Å². The number of nitrogen functional groups attached to an aromatic ring is 1. The molecule has 1 aromatic carbocycles. The van der Waals surface area contributed by atoms with Crippen LogP contribution in [0.1, 0.15) is 5.82 Å². The van der Waals surface area contributed by atoms with Crippen molar-refractivity contribution in [2.24, 2.45) is 0 Å². The molecule has 0 fully saturated rings. The van der Waals surface area contributed by atoms with E-state index in [2.05, 4.69) is 15.2 Å². The van der Waals surface area contributed by atoms with Gasteiger partial charge in [-0.2, -0.15) is 0 Å². The van der Waals surface area contributed by atoms with E-state index < -0.39 is 0 Å². The summed E-state index contributed by atoms with van der Waals surface area (Å²) in [5, 5.41) is 7.45. The molecule has 0 aliphatic rings. The van der Waals surface area contributed by atoms with E-state index in [1.165, 1.54) is 11.8 Å². The van der Waals surface area contributed by atoms with Crippen LogP contribution in [-0.2, 0) is 0 Å². The van der Waals surface area contributed by atoms with Gasteiger partial charge >= 0.3 is 0 Å². The third-order valence-electron chi connectivity index (χ3n) is 2.29. The Balaban J connectivity index is 2.33. The lowest BCUT2D eigenvalue weighted by atomic mass is 10.3. The first-order valence-electron chi connectivity index (χ1n) is 5.22. The highest BCUT2D eigenvalue weighted by Gasteiger charge is 2.12. The summed E-state index contributed by atoms with van der Waals surface area (Å²) in [6.45, 7) is 1.84. The van der Waals surface area contributed by atoms with Crippen LogP contribution in [0, 0.1) is 6.92 Å². The highest BCUT2D eigenvalue weighted by Crippen LogP contribution is 2.38. The second-order valence-corrected chi connectivity index (χ2v) is 4.56. The van der Waals surface area contributed by atoms with E-state index in [4.69, 9.17) is 15.2 Å². The van der Waals surface area contributed by atoms with Crippen molar-refractivity contribution in [2.45, 2.75) is 17.0 Å². The second kappa shape index (κ2) is 5.18. The quantitative estimate of drug-likeness (QED) is 0.821. The largest absolute Gasteiger partial charge is 0.493 e. The molecule has 2 aromatic rings. The van der Waals surface area contributed by atoms with Crippen LogP contribution >= 0.6 is 11.8 Å². The Morgan fingerprint density at radius 3 is 2.44 bits per heavy atom. The lowest BCUT2D eigenvalue weighted by Crippen LogP contribution is -1.95. The fourth-order valence-corrected chi connectivity index (χ4v) is 2.24. The number of nitrogens with zero attached hydrogens (tertiary/aromatic N) is 2. The number of nitrogens with two attached hydrogens (primary N) is 1.